The highest BCUT2D eigenvalue weighted by Gasteiger charge is 2.28. The van der Waals surface area contributed by atoms with Crippen LogP contribution in [0.15, 0.2) is 60.7 Å². The molecule has 0 aliphatic rings. The lowest BCUT2D eigenvalue weighted by Gasteiger charge is -2.27. The lowest BCUT2D eigenvalue weighted by atomic mass is 10.1. The van der Waals surface area contributed by atoms with Gasteiger partial charge in [-0.25, -0.2) is 4.79 Å². The van der Waals surface area contributed by atoms with Crippen LogP contribution in [0.1, 0.15) is 37.9 Å². The van der Waals surface area contributed by atoms with Crippen molar-refractivity contribution in [2.75, 3.05) is 7.05 Å². The number of carbonyl (C=O) groups is 2. The van der Waals surface area contributed by atoms with Gasteiger partial charge < -0.3 is 15.0 Å². The lowest BCUT2D eigenvalue weighted by molar-refractivity contribution is -0.132. The number of ether oxygens (including phenoxy) is 1. The molecule has 1 atom stereocenters. The highest BCUT2D eigenvalue weighted by Crippen LogP contribution is 2.18. The molecule has 27 heavy (non-hydrogen) atoms. The summed E-state index contributed by atoms with van der Waals surface area (Å²) >= 11 is 0. The van der Waals surface area contributed by atoms with Gasteiger partial charge in [-0.05, 0) is 31.9 Å². The van der Waals surface area contributed by atoms with E-state index in [4.69, 9.17) is 4.74 Å². The zero-order chi connectivity index (χ0) is 19.2. The molecule has 0 saturated carbocycles. The lowest BCUT2D eigenvalue weighted by Crippen LogP contribution is -2.43. The zero-order valence-corrected chi connectivity index (χ0v) is 17.0. The van der Waals surface area contributed by atoms with Gasteiger partial charge in [-0.1, -0.05) is 60.7 Å². The van der Waals surface area contributed by atoms with E-state index < -0.39 is 17.7 Å². The van der Waals surface area contributed by atoms with Crippen LogP contribution in [-0.4, -0.2) is 29.5 Å². The third-order valence-electron chi connectivity index (χ3n) is 3.68. The van der Waals surface area contributed by atoms with Gasteiger partial charge in [0.05, 0.1) is 0 Å². The molecular formula is C21H27ClN2O3. The Morgan fingerprint density at radius 1 is 1.00 bits per heavy atom. The monoisotopic (exact) mass is 390 g/mol. The third-order valence-corrected chi connectivity index (χ3v) is 3.68. The fourth-order valence-corrected chi connectivity index (χ4v) is 2.51. The summed E-state index contributed by atoms with van der Waals surface area (Å²) in [5.41, 5.74) is 1.10. The number of hydrogen-bond donors (Lipinski definition) is 1. The van der Waals surface area contributed by atoms with Gasteiger partial charge in [0.1, 0.15) is 11.6 Å². The standard InChI is InChI=1S/C21H26N2O3.ClH/c1-21(2,3)26-20(25)22-18(17-13-9-6-10-14-17)19(24)23(4)15-16-11-7-5-8-12-16;/h5-14,18H,15H2,1-4H3,(H,22,25);1H. The molecule has 0 aliphatic heterocycles. The Morgan fingerprint density at radius 3 is 2.04 bits per heavy atom. The van der Waals surface area contributed by atoms with Crippen molar-refractivity contribution >= 4 is 24.4 Å². The van der Waals surface area contributed by atoms with Crippen molar-refractivity contribution in [2.45, 2.75) is 39.0 Å². The Hall–Kier alpha value is -2.53. The number of carbonyl (C=O) groups excluding carboxylic acids is 2. The van der Waals surface area contributed by atoms with E-state index in [0.717, 1.165) is 5.56 Å². The topological polar surface area (TPSA) is 58.6 Å². The number of rotatable bonds is 5. The minimum absolute atomic E-state index is 0. The average Bonchev–Trinajstić information content (AvgIpc) is 2.59. The van der Waals surface area contributed by atoms with Crippen molar-refractivity contribution in [3.8, 4) is 0 Å². The molecule has 2 amide bonds. The summed E-state index contributed by atoms with van der Waals surface area (Å²) in [6.45, 7) is 5.81. The molecule has 0 aliphatic carbocycles. The molecule has 146 valence electrons. The minimum atomic E-state index is -0.806. The summed E-state index contributed by atoms with van der Waals surface area (Å²) in [4.78, 5) is 26.8. The van der Waals surface area contributed by atoms with Gasteiger partial charge in [0.15, 0.2) is 0 Å². The van der Waals surface area contributed by atoms with E-state index in [0.29, 0.717) is 12.1 Å². The average molecular weight is 391 g/mol. The molecule has 0 saturated heterocycles. The van der Waals surface area contributed by atoms with Crippen molar-refractivity contribution in [3.63, 3.8) is 0 Å². The molecule has 0 aromatic heterocycles. The summed E-state index contributed by atoms with van der Waals surface area (Å²) in [5.74, 6) is -0.203. The first-order valence-corrected chi connectivity index (χ1v) is 8.59. The summed E-state index contributed by atoms with van der Waals surface area (Å²) < 4.78 is 5.32. The maximum Gasteiger partial charge on any atom is 0.408 e. The fourth-order valence-electron chi connectivity index (χ4n) is 2.51. The first-order chi connectivity index (χ1) is 12.3. The summed E-state index contributed by atoms with van der Waals surface area (Å²) in [6.07, 6.45) is -0.618. The molecule has 0 spiro atoms. The van der Waals surface area contributed by atoms with E-state index >= 15 is 0 Å². The van der Waals surface area contributed by atoms with Crippen LogP contribution in [0.3, 0.4) is 0 Å². The van der Waals surface area contributed by atoms with Crippen LogP contribution in [0, 0.1) is 0 Å². The number of benzene rings is 2. The van der Waals surface area contributed by atoms with Crippen molar-refractivity contribution in [2.24, 2.45) is 0 Å². The van der Waals surface area contributed by atoms with Gasteiger partial charge in [0, 0.05) is 13.6 Å². The van der Waals surface area contributed by atoms with Gasteiger partial charge >= 0.3 is 6.09 Å². The molecule has 1 unspecified atom stereocenters. The van der Waals surface area contributed by atoms with Crippen LogP contribution < -0.4 is 5.32 Å². The molecule has 6 heteroatoms. The van der Waals surface area contributed by atoms with E-state index in [1.54, 1.807) is 32.7 Å². The van der Waals surface area contributed by atoms with Crippen LogP contribution >= 0.6 is 12.4 Å². The molecule has 2 rings (SSSR count). The van der Waals surface area contributed by atoms with E-state index in [1.165, 1.54) is 0 Å². The second-order valence-corrected chi connectivity index (χ2v) is 7.17. The van der Waals surface area contributed by atoms with Crippen LogP contribution in [0.5, 0.6) is 0 Å². The van der Waals surface area contributed by atoms with Gasteiger partial charge in [0.25, 0.3) is 0 Å². The summed E-state index contributed by atoms with van der Waals surface area (Å²) in [7, 11) is 1.72. The molecule has 2 aromatic carbocycles. The number of nitrogens with zero attached hydrogens (tertiary/aromatic N) is 1. The third kappa shape index (κ3) is 7.31. The number of nitrogens with one attached hydrogen (secondary N) is 1. The predicted octanol–water partition coefficient (Wildman–Crippen LogP) is 4.33. The molecular weight excluding hydrogens is 364 g/mol. The SMILES string of the molecule is CN(Cc1ccccc1)C(=O)C(NC(=O)OC(C)(C)C)c1ccccc1.Cl. The van der Waals surface area contributed by atoms with Crippen LogP contribution in [0.2, 0.25) is 0 Å². The largest absolute Gasteiger partial charge is 0.444 e. The Balaban J connectivity index is 0.00000364. The number of hydrogen-bond acceptors (Lipinski definition) is 3. The van der Waals surface area contributed by atoms with Crippen molar-refractivity contribution < 1.29 is 14.3 Å². The van der Waals surface area contributed by atoms with Gasteiger partial charge in [-0.3, -0.25) is 4.79 Å². The minimum Gasteiger partial charge on any atom is -0.444 e. The molecule has 2 aromatic rings. The second kappa shape index (κ2) is 9.97. The maximum absolute atomic E-state index is 13.0. The predicted molar refractivity (Wildman–Crippen MR) is 109 cm³/mol. The van der Waals surface area contributed by atoms with E-state index in [1.807, 2.05) is 60.7 Å². The zero-order valence-electron chi connectivity index (χ0n) is 16.1. The number of amides is 2. The molecule has 1 N–H and O–H groups in total. The Labute approximate surface area is 167 Å². The van der Waals surface area contributed by atoms with E-state index in [9.17, 15) is 9.59 Å². The van der Waals surface area contributed by atoms with Gasteiger partial charge in [-0.15, -0.1) is 12.4 Å². The molecule has 0 bridgehead atoms. The van der Waals surface area contributed by atoms with Crippen molar-refractivity contribution in [1.82, 2.24) is 10.2 Å². The van der Waals surface area contributed by atoms with Crippen LogP contribution in [-0.2, 0) is 16.1 Å². The fraction of sp³-hybridized carbons (Fsp3) is 0.333. The molecule has 5 nitrogen and oxygen atoms in total. The smallest absolute Gasteiger partial charge is 0.408 e. The maximum atomic E-state index is 13.0. The normalized spacial score (nSPS) is 11.7. The van der Waals surface area contributed by atoms with Crippen LogP contribution in [0.4, 0.5) is 4.79 Å². The highest BCUT2D eigenvalue weighted by atomic mass is 35.5. The number of alkyl carbamates (subject to hydrolysis) is 1. The second-order valence-electron chi connectivity index (χ2n) is 7.17. The Kier molecular flexibility index (Phi) is 8.32. The summed E-state index contributed by atoms with van der Waals surface area (Å²) in [6, 6.07) is 18.1. The van der Waals surface area contributed by atoms with Gasteiger partial charge in [0.2, 0.25) is 5.91 Å². The van der Waals surface area contributed by atoms with E-state index in [2.05, 4.69) is 5.32 Å². The van der Waals surface area contributed by atoms with Gasteiger partial charge in [-0.2, -0.15) is 0 Å². The first-order valence-electron chi connectivity index (χ1n) is 8.59. The summed E-state index contributed by atoms with van der Waals surface area (Å²) in [5, 5.41) is 2.70. The van der Waals surface area contributed by atoms with Crippen molar-refractivity contribution in [3.05, 3.63) is 71.8 Å². The number of halogens is 1. The first kappa shape index (κ1) is 22.5. The van der Waals surface area contributed by atoms with E-state index in [-0.39, 0.29) is 18.3 Å². The highest BCUT2D eigenvalue weighted by molar-refractivity contribution is 5.86. The molecule has 0 heterocycles. The number of likely N-dealkylation sites (N-methyl/N-ethyl adjacent to an activating group) is 1. The van der Waals surface area contributed by atoms with Crippen LogP contribution in [0.25, 0.3) is 0 Å². The quantitative estimate of drug-likeness (QED) is 0.826. The Morgan fingerprint density at radius 2 is 1.52 bits per heavy atom. The Bertz CT molecular complexity index is 730. The van der Waals surface area contributed by atoms with Crippen molar-refractivity contribution in [1.29, 1.82) is 0 Å². The molecule has 0 fully saturated rings. The molecule has 0 radical (unpaired) electrons.